The third-order valence-electron chi connectivity index (χ3n) is 4.82. The fraction of sp³-hybridized carbons (Fsp3) is 0.368. The van der Waals surface area contributed by atoms with Crippen molar-refractivity contribution in [3.63, 3.8) is 0 Å². The highest BCUT2D eigenvalue weighted by Gasteiger charge is 2.23. The smallest absolute Gasteiger partial charge is 0.278 e. The lowest BCUT2D eigenvalue weighted by Crippen LogP contribution is -2.35. The predicted octanol–water partition coefficient (Wildman–Crippen LogP) is 3.32. The fourth-order valence-electron chi connectivity index (χ4n) is 3.43. The number of hydrogen-bond donors (Lipinski definition) is 1. The first-order valence-electron chi connectivity index (χ1n) is 8.94. The third-order valence-corrected chi connectivity index (χ3v) is 5.97. The molecular formula is C19H20N4O2S. The van der Waals surface area contributed by atoms with Crippen LogP contribution < -0.4 is 10.9 Å². The molecule has 7 heteroatoms. The summed E-state index contributed by atoms with van der Waals surface area (Å²) in [7, 11) is 0. The van der Waals surface area contributed by atoms with Crippen LogP contribution >= 0.6 is 11.3 Å². The van der Waals surface area contributed by atoms with Crippen molar-refractivity contribution < 1.29 is 4.79 Å². The number of rotatable bonds is 4. The van der Waals surface area contributed by atoms with Crippen LogP contribution in [0.5, 0.6) is 0 Å². The second-order valence-electron chi connectivity index (χ2n) is 6.54. The molecule has 26 heavy (non-hydrogen) atoms. The maximum atomic E-state index is 12.8. The standard InChI is InChI=1S/C19H20N4O2S/c1-2-15(23-19(25)13-8-4-5-9-14(13)21-22-23)18(24)20-17-11-12-7-3-6-10-16(12)26-17/h4-5,8-9,11,15H,2-3,6-7,10H2,1H3,(H,20,24). The van der Waals surface area contributed by atoms with E-state index in [1.807, 2.05) is 13.0 Å². The first-order chi connectivity index (χ1) is 12.7. The van der Waals surface area contributed by atoms with Gasteiger partial charge in [-0.05, 0) is 55.9 Å². The highest BCUT2D eigenvalue weighted by Crippen LogP contribution is 2.33. The van der Waals surface area contributed by atoms with Crippen molar-refractivity contribution in [1.82, 2.24) is 15.0 Å². The summed E-state index contributed by atoms with van der Waals surface area (Å²) < 4.78 is 1.20. The van der Waals surface area contributed by atoms with Crippen molar-refractivity contribution in [3.8, 4) is 0 Å². The Hall–Kier alpha value is -2.54. The lowest BCUT2D eigenvalue weighted by molar-refractivity contribution is -0.119. The van der Waals surface area contributed by atoms with E-state index in [9.17, 15) is 9.59 Å². The summed E-state index contributed by atoms with van der Waals surface area (Å²) in [5, 5.41) is 12.4. The van der Waals surface area contributed by atoms with Crippen LogP contribution in [0.2, 0.25) is 0 Å². The largest absolute Gasteiger partial charge is 0.316 e. The Morgan fingerprint density at radius 2 is 2.12 bits per heavy atom. The summed E-state index contributed by atoms with van der Waals surface area (Å²) in [5.41, 5.74) is 1.59. The maximum Gasteiger partial charge on any atom is 0.278 e. The molecule has 0 saturated heterocycles. The number of aryl methyl sites for hydroxylation is 2. The quantitative estimate of drug-likeness (QED) is 0.766. The van der Waals surface area contributed by atoms with Gasteiger partial charge < -0.3 is 5.32 Å². The van der Waals surface area contributed by atoms with E-state index in [4.69, 9.17) is 0 Å². The number of carbonyl (C=O) groups is 1. The van der Waals surface area contributed by atoms with E-state index in [1.165, 1.54) is 28.0 Å². The van der Waals surface area contributed by atoms with Gasteiger partial charge in [-0.1, -0.05) is 24.3 Å². The van der Waals surface area contributed by atoms with Crippen LogP contribution in [0.15, 0.2) is 35.1 Å². The van der Waals surface area contributed by atoms with Crippen LogP contribution in [0.25, 0.3) is 10.9 Å². The lowest BCUT2D eigenvalue weighted by atomic mass is 10.00. The van der Waals surface area contributed by atoms with Gasteiger partial charge in [-0.15, -0.1) is 16.4 Å². The Morgan fingerprint density at radius 1 is 1.31 bits per heavy atom. The van der Waals surface area contributed by atoms with Gasteiger partial charge in [-0.2, -0.15) is 4.68 Å². The molecule has 0 aliphatic heterocycles. The Morgan fingerprint density at radius 3 is 2.92 bits per heavy atom. The minimum Gasteiger partial charge on any atom is -0.316 e. The normalized spacial score (nSPS) is 14.8. The van der Waals surface area contributed by atoms with Crippen LogP contribution in [-0.2, 0) is 17.6 Å². The molecule has 0 bridgehead atoms. The minimum atomic E-state index is -0.682. The highest BCUT2D eigenvalue weighted by atomic mass is 32.1. The molecule has 0 spiro atoms. The molecule has 1 unspecified atom stereocenters. The first-order valence-corrected chi connectivity index (χ1v) is 9.75. The second kappa shape index (κ2) is 6.99. The molecule has 4 rings (SSSR count). The van der Waals surface area contributed by atoms with Crippen molar-refractivity contribution in [2.45, 2.75) is 45.1 Å². The van der Waals surface area contributed by atoms with Crippen LogP contribution in [0.3, 0.4) is 0 Å². The monoisotopic (exact) mass is 368 g/mol. The van der Waals surface area contributed by atoms with Crippen LogP contribution in [0.1, 0.15) is 42.7 Å². The van der Waals surface area contributed by atoms with E-state index in [1.54, 1.807) is 29.5 Å². The molecule has 0 radical (unpaired) electrons. The molecule has 2 heterocycles. The maximum absolute atomic E-state index is 12.8. The van der Waals surface area contributed by atoms with Crippen LogP contribution in [0, 0.1) is 0 Å². The van der Waals surface area contributed by atoms with Gasteiger partial charge in [-0.25, -0.2) is 0 Å². The topological polar surface area (TPSA) is 76.9 Å². The molecule has 0 saturated carbocycles. The first kappa shape index (κ1) is 16.9. The van der Waals surface area contributed by atoms with E-state index < -0.39 is 6.04 Å². The summed E-state index contributed by atoms with van der Waals surface area (Å²) in [4.78, 5) is 26.9. The van der Waals surface area contributed by atoms with Gasteiger partial charge in [0.05, 0.1) is 10.4 Å². The molecule has 134 valence electrons. The SMILES string of the molecule is CCC(C(=O)Nc1cc2c(s1)CCCC2)n1nnc2ccccc2c1=O. The molecule has 1 aliphatic carbocycles. The average molecular weight is 368 g/mol. The Labute approximate surface area is 154 Å². The van der Waals surface area contributed by atoms with Crippen molar-refractivity contribution >= 4 is 33.1 Å². The molecule has 0 fully saturated rings. The summed E-state index contributed by atoms with van der Waals surface area (Å²) >= 11 is 1.64. The van der Waals surface area contributed by atoms with Gasteiger partial charge in [0.2, 0.25) is 5.91 Å². The lowest BCUT2D eigenvalue weighted by Gasteiger charge is -2.15. The van der Waals surface area contributed by atoms with Crippen LogP contribution in [0.4, 0.5) is 5.00 Å². The highest BCUT2D eigenvalue weighted by molar-refractivity contribution is 7.16. The van der Waals surface area contributed by atoms with Gasteiger partial charge in [0.1, 0.15) is 11.6 Å². The number of benzene rings is 1. The van der Waals surface area contributed by atoms with Gasteiger partial charge in [0, 0.05) is 4.88 Å². The van der Waals surface area contributed by atoms with Gasteiger partial charge >= 0.3 is 0 Å². The molecule has 1 amide bonds. The number of fused-ring (bicyclic) bond motifs is 2. The van der Waals surface area contributed by atoms with Gasteiger partial charge in [0.15, 0.2) is 0 Å². The van der Waals surface area contributed by atoms with Crippen molar-refractivity contribution in [3.05, 3.63) is 51.1 Å². The fourth-order valence-corrected chi connectivity index (χ4v) is 4.59. The molecule has 1 aliphatic rings. The predicted molar refractivity (Wildman–Crippen MR) is 103 cm³/mol. The summed E-state index contributed by atoms with van der Waals surface area (Å²) in [6.07, 6.45) is 5.04. The molecule has 1 aromatic carbocycles. The van der Waals surface area contributed by atoms with E-state index >= 15 is 0 Å². The molecular weight excluding hydrogens is 348 g/mol. The molecule has 6 nitrogen and oxygen atoms in total. The number of carbonyl (C=O) groups excluding carboxylic acids is 1. The van der Waals surface area contributed by atoms with Crippen molar-refractivity contribution in [2.24, 2.45) is 0 Å². The summed E-state index contributed by atoms with van der Waals surface area (Å²) in [6.45, 7) is 1.87. The Kier molecular flexibility index (Phi) is 4.55. The average Bonchev–Trinajstić information content (AvgIpc) is 3.06. The Balaban J connectivity index is 1.62. The van der Waals surface area contributed by atoms with Crippen LogP contribution in [-0.4, -0.2) is 20.9 Å². The molecule has 3 aromatic rings. The van der Waals surface area contributed by atoms with Crippen molar-refractivity contribution in [2.75, 3.05) is 5.32 Å². The summed E-state index contributed by atoms with van der Waals surface area (Å²) in [6, 6.07) is 8.43. The second-order valence-corrected chi connectivity index (χ2v) is 7.67. The van der Waals surface area contributed by atoms with Crippen molar-refractivity contribution in [1.29, 1.82) is 0 Å². The van der Waals surface area contributed by atoms with Gasteiger partial charge in [-0.3, -0.25) is 9.59 Å². The zero-order chi connectivity index (χ0) is 18.1. The number of hydrogen-bond acceptors (Lipinski definition) is 5. The van der Waals surface area contributed by atoms with E-state index in [2.05, 4.69) is 21.7 Å². The molecule has 2 aromatic heterocycles. The number of nitrogens with one attached hydrogen (secondary N) is 1. The zero-order valence-electron chi connectivity index (χ0n) is 14.6. The summed E-state index contributed by atoms with van der Waals surface area (Å²) in [5.74, 6) is -0.224. The van der Waals surface area contributed by atoms with Gasteiger partial charge in [0.25, 0.3) is 5.56 Å². The number of nitrogens with zero attached hydrogens (tertiary/aromatic N) is 3. The number of thiophene rings is 1. The molecule has 1 N–H and O–H groups in total. The number of aromatic nitrogens is 3. The third kappa shape index (κ3) is 3.03. The number of amides is 1. The Bertz CT molecular complexity index is 1000. The van der Waals surface area contributed by atoms with E-state index in [0.29, 0.717) is 17.3 Å². The van der Waals surface area contributed by atoms with E-state index in [-0.39, 0.29) is 11.5 Å². The van der Waals surface area contributed by atoms with E-state index in [0.717, 1.165) is 17.8 Å². The number of anilines is 1. The zero-order valence-corrected chi connectivity index (χ0v) is 15.4. The molecule has 1 atom stereocenters. The minimum absolute atomic E-state index is 0.224.